The van der Waals surface area contributed by atoms with Crippen LogP contribution < -0.4 is 0 Å². The fraction of sp³-hybridized carbons (Fsp3) is 0.333. The SMILES string of the molecule is O=S(c1cc2ccccc2o1)N1CCOCC1. The van der Waals surface area contributed by atoms with Crippen LogP contribution in [0.4, 0.5) is 0 Å². The summed E-state index contributed by atoms with van der Waals surface area (Å²) in [6, 6.07) is 9.54. The van der Waals surface area contributed by atoms with Crippen molar-refractivity contribution in [2.24, 2.45) is 0 Å². The Bertz CT molecular complexity index is 512. The van der Waals surface area contributed by atoms with Crippen molar-refractivity contribution in [2.75, 3.05) is 26.3 Å². The number of morpholine rings is 1. The maximum Gasteiger partial charge on any atom is 0.207 e. The average molecular weight is 251 g/mol. The van der Waals surface area contributed by atoms with Crippen LogP contribution in [-0.4, -0.2) is 34.8 Å². The smallest absolute Gasteiger partial charge is 0.207 e. The minimum Gasteiger partial charge on any atom is -0.446 e. The molecule has 2 heterocycles. The molecule has 1 unspecified atom stereocenters. The minimum absolute atomic E-state index is 0.521. The van der Waals surface area contributed by atoms with Crippen molar-refractivity contribution in [3.63, 3.8) is 0 Å². The summed E-state index contributed by atoms with van der Waals surface area (Å²) in [7, 11) is -1.22. The number of para-hydroxylation sites is 1. The van der Waals surface area contributed by atoms with E-state index in [2.05, 4.69) is 0 Å². The van der Waals surface area contributed by atoms with E-state index in [1.54, 1.807) is 0 Å². The van der Waals surface area contributed by atoms with Crippen LogP contribution in [0.3, 0.4) is 0 Å². The lowest BCUT2D eigenvalue weighted by molar-refractivity contribution is 0.0747. The third-order valence-electron chi connectivity index (χ3n) is 2.78. The fourth-order valence-corrected chi connectivity index (χ4v) is 3.01. The van der Waals surface area contributed by atoms with Gasteiger partial charge in [-0.05, 0) is 6.07 Å². The molecule has 0 saturated carbocycles. The monoisotopic (exact) mass is 251 g/mol. The molecular weight excluding hydrogens is 238 g/mol. The third kappa shape index (κ3) is 2.13. The molecule has 1 atom stereocenters. The Morgan fingerprint density at radius 2 is 1.94 bits per heavy atom. The first-order chi connectivity index (χ1) is 8.34. The standard InChI is InChI=1S/C12H13NO3S/c14-17(13-5-7-15-8-6-13)12-9-10-3-1-2-4-11(10)16-12/h1-4,9H,5-8H2. The lowest BCUT2D eigenvalue weighted by atomic mass is 10.3. The maximum atomic E-state index is 12.3. The van der Waals surface area contributed by atoms with Crippen molar-refractivity contribution in [2.45, 2.75) is 5.09 Å². The summed E-state index contributed by atoms with van der Waals surface area (Å²) in [6.07, 6.45) is 0. The topological polar surface area (TPSA) is 42.7 Å². The van der Waals surface area contributed by atoms with Gasteiger partial charge in [0.25, 0.3) is 0 Å². The predicted molar refractivity (Wildman–Crippen MR) is 65.0 cm³/mol. The second-order valence-corrected chi connectivity index (χ2v) is 5.31. The van der Waals surface area contributed by atoms with E-state index in [4.69, 9.17) is 9.15 Å². The summed E-state index contributed by atoms with van der Waals surface area (Å²) in [4.78, 5) is 0. The molecule has 1 fully saturated rings. The molecule has 0 N–H and O–H groups in total. The summed E-state index contributed by atoms with van der Waals surface area (Å²) >= 11 is 0. The summed E-state index contributed by atoms with van der Waals surface area (Å²) in [6.45, 7) is 2.63. The summed E-state index contributed by atoms with van der Waals surface area (Å²) in [5, 5.41) is 1.51. The van der Waals surface area contributed by atoms with Gasteiger partial charge in [-0.3, -0.25) is 0 Å². The molecule has 0 spiro atoms. The summed E-state index contributed by atoms with van der Waals surface area (Å²) in [5.41, 5.74) is 0.782. The van der Waals surface area contributed by atoms with Crippen molar-refractivity contribution < 1.29 is 13.4 Å². The van der Waals surface area contributed by atoms with Gasteiger partial charge in [-0.25, -0.2) is 8.51 Å². The largest absolute Gasteiger partial charge is 0.446 e. The number of benzene rings is 1. The van der Waals surface area contributed by atoms with Crippen molar-refractivity contribution >= 4 is 22.0 Å². The number of rotatable bonds is 2. The van der Waals surface area contributed by atoms with E-state index in [-0.39, 0.29) is 0 Å². The molecule has 0 radical (unpaired) electrons. The molecule has 2 aromatic rings. The fourth-order valence-electron chi connectivity index (χ4n) is 1.88. The van der Waals surface area contributed by atoms with Crippen LogP contribution >= 0.6 is 0 Å². The first-order valence-corrected chi connectivity index (χ1v) is 6.68. The van der Waals surface area contributed by atoms with Gasteiger partial charge in [0, 0.05) is 24.5 Å². The van der Waals surface area contributed by atoms with Crippen LogP contribution in [0.1, 0.15) is 0 Å². The zero-order valence-corrected chi connectivity index (χ0v) is 10.1. The van der Waals surface area contributed by atoms with Gasteiger partial charge in [-0.15, -0.1) is 0 Å². The Hall–Kier alpha value is -1.17. The molecule has 1 aromatic carbocycles. The molecule has 1 aliphatic rings. The number of nitrogens with zero attached hydrogens (tertiary/aromatic N) is 1. The van der Waals surface area contributed by atoms with Crippen LogP contribution in [0.2, 0.25) is 0 Å². The molecule has 17 heavy (non-hydrogen) atoms. The van der Waals surface area contributed by atoms with Crippen molar-refractivity contribution in [1.29, 1.82) is 0 Å². The normalized spacial score (nSPS) is 19.5. The highest BCUT2D eigenvalue weighted by Crippen LogP contribution is 2.23. The lowest BCUT2D eigenvalue weighted by Crippen LogP contribution is -2.37. The average Bonchev–Trinajstić information content (AvgIpc) is 2.82. The molecule has 0 aliphatic carbocycles. The highest BCUT2D eigenvalue weighted by atomic mass is 32.2. The van der Waals surface area contributed by atoms with Crippen molar-refractivity contribution in [3.05, 3.63) is 30.3 Å². The minimum atomic E-state index is -1.22. The number of furan rings is 1. The molecule has 1 aromatic heterocycles. The van der Waals surface area contributed by atoms with Crippen molar-refractivity contribution in [3.8, 4) is 0 Å². The van der Waals surface area contributed by atoms with Crippen LogP contribution in [0.25, 0.3) is 11.0 Å². The third-order valence-corrected chi connectivity index (χ3v) is 4.16. The zero-order valence-electron chi connectivity index (χ0n) is 9.30. The molecule has 1 saturated heterocycles. The zero-order chi connectivity index (χ0) is 11.7. The summed E-state index contributed by atoms with van der Waals surface area (Å²) < 4.78 is 25.0. The van der Waals surface area contributed by atoms with Crippen LogP contribution in [0, 0.1) is 0 Å². The van der Waals surface area contributed by atoms with Gasteiger partial charge >= 0.3 is 0 Å². The maximum absolute atomic E-state index is 12.3. The molecular formula is C12H13NO3S. The molecule has 1 aliphatic heterocycles. The second kappa shape index (κ2) is 4.60. The second-order valence-electron chi connectivity index (χ2n) is 3.89. The van der Waals surface area contributed by atoms with Gasteiger partial charge in [0.1, 0.15) is 5.58 Å². The Labute approximate surface area is 102 Å². The lowest BCUT2D eigenvalue weighted by Gasteiger charge is -2.23. The van der Waals surface area contributed by atoms with E-state index >= 15 is 0 Å². The predicted octanol–water partition coefficient (Wildman–Crippen LogP) is 1.79. The van der Waals surface area contributed by atoms with Gasteiger partial charge in [0.15, 0.2) is 11.0 Å². The van der Waals surface area contributed by atoms with Gasteiger partial charge < -0.3 is 9.15 Å². The molecule has 5 heteroatoms. The molecule has 0 bridgehead atoms. The van der Waals surface area contributed by atoms with E-state index in [9.17, 15) is 4.21 Å². The number of fused-ring (bicyclic) bond motifs is 1. The molecule has 4 nitrogen and oxygen atoms in total. The Balaban J connectivity index is 1.89. The Kier molecular flexibility index (Phi) is 2.96. The number of ether oxygens (including phenoxy) is 1. The van der Waals surface area contributed by atoms with Gasteiger partial charge in [0.05, 0.1) is 13.2 Å². The van der Waals surface area contributed by atoms with Crippen LogP contribution in [0.5, 0.6) is 0 Å². The van der Waals surface area contributed by atoms with E-state index in [0.717, 1.165) is 11.0 Å². The quantitative estimate of drug-likeness (QED) is 0.817. The van der Waals surface area contributed by atoms with Gasteiger partial charge in [0.2, 0.25) is 5.09 Å². The van der Waals surface area contributed by atoms with E-state index in [0.29, 0.717) is 31.4 Å². The first-order valence-electron chi connectivity index (χ1n) is 5.58. The van der Waals surface area contributed by atoms with E-state index in [1.807, 2.05) is 34.6 Å². The van der Waals surface area contributed by atoms with E-state index < -0.39 is 11.0 Å². The van der Waals surface area contributed by atoms with Gasteiger partial charge in [-0.1, -0.05) is 18.2 Å². The van der Waals surface area contributed by atoms with Gasteiger partial charge in [-0.2, -0.15) is 0 Å². The molecule has 90 valence electrons. The van der Waals surface area contributed by atoms with Crippen LogP contribution in [0.15, 0.2) is 39.8 Å². The summed E-state index contributed by atoms with van der Waals surface area (Å²) in [5.74, 6) is 0. The Morgan fingerprint density at radius 3 is 2.71 bits per heavy atom. The Morgan fingerprint density at radius 1 is 1.18 bits per heavy atom. The molecule has 0 amide bonds. The first kappa shape index (κ1) is 11.0. The number of hydrogen-bond acceptors (Lipinski definition) is 3. The van der Waals surface area contributed by atoms with E-state index in [1.165, 1.54) is 0 Å². The van der Waals surface area contributed by atoms with Crippen molar-refractivity contribution in [1.82, 2.24) is 4.31 Å². The van der Waals surface area contributed by atoms with Crippen LogP contribution in [-0.2, 0) is 15.7 Å². The number of hydrogen-bond donors (Lipinski definition) is 0. The highest BCUT2D eigenvalue weighted by Gasteiger charge is 2.21. The highest BCUT2D eigenvalue weighted by molar-refractivity contribution is 7.82. The molecule has 3 rings (SSSR count).